The van der Waals surface area contributed by atoms with E-state index in [0.717, 1.165) is 9.87 Å². The molecule has 152 valence electrons. The zero-order chi connectivity index (χ0) is 20.9. The summed E-state index contributed by atoms with van der Waals surface area (Å²) in [5, 5.41) is 3.11. The normalized spacial score (nSPS) is 11.6. The second kappa shape index (κ2) is 9.26. The van der Waals surface area contributed by atoms with Crippen molar-refractivity contribution in [2.75, 3.05) is 6.54 Å². The van der Waals surface area contributed by atoms with Gasteiger partial charge >= 0.3 is 0 Å². The molecule has 1 heterocycles. The van der Waals surface area contributed by atoms with Gasteiger partial charge in [-0.1, -0.05) is 47.5 Å². The fourth-order valence-electron chi connectivity index (χ4n) is 2.72. The van der Waals surface area contributed by atoms with E-state index in [-0.39, 0.29) is 24.5 Å². The fourth-order valence-corrected chi connectivity index (χ4v) is 4.29. The van der Waals surface area contributed by atoms with Crippen LogP contribution in [0.15, 0.2) is 76.2 Å². The van der Waals surface area contributed by atoms with Gasteiger partial charge in [0.25, 0.3) is 0 Å². The van der Waals surface area contributed by atoms with Crippen molar-refractivity contribution >= 4 is 27.5 Å². The Morgan fingerprint density at radius 3 is 2.45 bits per heavy atom. The van der Waals surface area contributed by atoms with E-state index in [4.69, 9.17) is 16.0 Å². The summed E-state index contributed by atoms with van der Waals surface area (Å²) in [6.07, 6.45) is 1.51. The molecule has 0 spiro atoms. The van der Waals surface area contributed by atoms with Crippen LogP contribution in [0.3, 0.4) is 0 Å². The first kappa shape index (κ1) is 21.1. The number of benzene rings is 2. The van der Waals surface area contributed by atoms with Gasteiger partial charge in [-0.15, -0.1) is 0 Å². The Balaban J connectivity index is 1.83. The largest absolute Gasteiger partial charge is 0.467 e. The van der Waals surface area contributed by atoms with E-state index < -0.39 is 15.9 Å². The first-order valence-corrected chi connectivity index (χ1v) is 10.8. The summed E-state index contributed by atoms with van der Waals surface area (Å²) in [6, 6.07) is 16.9. The summed E-state index contributed by atoms with van der Waals surface area (Å²) in [7, 11) is -3.91. The molecule has 0 aliphatic rings. The molecule has 6 nitrogen and oxygen atoms in total. The summed E-state index contributed by atoms with van der Waals surface area (Å²) in [5.41, 5.74) is 1.56. The van der Waals surface area contributed by atoms with Crippen molar-refractivity contribution in [3.05, 3.63) is 88.8 Å². The van der Waals surface area contributed by atoms with Crippen LogP contribution in [0.25, 0.3) is 0 Å². The third-order valence-electron chi connectivity index (χ3n) is 4.32. The van der Waals surface area contributed by atoms with Crippen LogP contribution < -0.4 is 5.32 Å². The average Bonchev–Trinajstić information content (AvgIpc) is 3.21. The Morgan fingerprint density at radius 2 is 1.79 bits per heavy atom. The van der Waals surface area contributed by atoms with Gasteiger partial charge in [0.1, 0.15) is 5.76 Å². The monoisotopic (exact) mass is 432 g/mol. The Labute approximate surface area is 175 Å². The number of carbonyl (C=O) groups excluding carboxylic acids is 1. The van der Waals surface area contributed by atoms with E-state index >= 15 is 0 Å². The van der Waals surface area contributed by atoms with E-state index in [1.165, 1.54) is 18.4 Å². The van der Waals surface area contributed by atoms with E-state index in [0.29, 0.717) is 16.3 Å². The maximum Gasteiger partial charge on any atom is 0.243 e. The SMILES string of the molecule is Cc1ccc(S(=O)(=O)N(CC(=O)NCc2ccco2)Cc2ccccc2Cl)cc1. The zero-order valence-corrected chi connectivity index (χ0v) is 17.4. The van der Waals surface area contributed by atoms with Crippen molar-refractivity contribution in [2.45, 2.75) is 24.9 Å². The van der Waals surface area contributed by atoms with Gasteiger partial charge in [-0.25, -0.2) is 8.42 Å². The highest BCUT2D eigenvalue weighted by molar-refractivity contribution is 7.89. The highest BCUT2D eigenvalue weighted by Gasteiger charge is 2.27. The van der Waals surface area contributed by atoms with Crippen molar-refractivity contribution in [3.8, 4) is 0 Å². The van der Waals surface area contributed by atoms with Crippen molar-refractivity contribution in [1.82, 2.24) is 9.62 Å². The van der Waals surface area contributed by atoms with Gasteiger partial charge in [0.15, 0.2) is 0 Å². The molecule has 0 aliphatic heterocycles. The lowest BCUT2D eigenvalue weighted by Crippen LogP contribution is -2.40. The number of hydrogen-bond donors (Lipinski definition) is 1. The molecular formula is C21H21ClN2O4S. The van der Waals surface area contributed by atoms with Crippen molar-refractivity contribution in [1.29, 1.82) is 0 Å². The van der Waals surface area contributed by atoms with Crippen LogP contribution in [-0.4, -0.2) is 25.2 Å². The molecule has 0 saturated carbocycles. The molecule has 0 unspecified atom stereocenters. The van der Waals surface area contributed by atoms with Gasteiger partial charge in [0.05, 0.1) is 24.2 Å². The number of halogens is 1. The highest BCUT2D eigenvalue weighted by atomic mass is 35.5. The number of aryl methyl sites for hydroxylation is 1. The maximum atomic E-state index is 13.2. The smallest absolute Gasteiger partial charge is 0.243 e. The molecule has 3 rings (SSSR count). The molecule has 0 radical (unpaired) electrons. The minimum absolute atomic E-state index is 0.0238. The Hall–Kier alpha value is -2.61. The lowest BCUT2D eigenvalue weighted by atomic mass is 10.2. The molecule has 8 heteroatoms. The average molecular weight is 433 g/mol. The van der Waals surface area contributed by atoms with Gasteiger partial charge < -0.3 is 9.73 Å². The Bertz CT molecular complexity index is 1060. The third-order valence-corrected chi connectivity index (χ3v) is 6.50. The van der Waals surface area contributed by atoms with Crippen LogP contribution in [0.4, 0.5) is 0 Å². The maximum absolute atomic E-state index is 13.2. The molecule has 29 heavy (non-hydrogen) atoms. The lowest BCUT2D eigenvalue weighted by Gasteiger charge is -2.22. The number of furan rings is 1. The van der Waals surface area contributed by atoms with Gasteiger partial charge in [0, 0.05) is 11.6 Å². The molecule has 3 aromatic rings. The van der Waals surface area contributed by atoms with E-state index in [9.17, 15) is 13.2 Å². The van der Waals surface area contributed by atoms with Crippen molar-refractivity contribution in [3.63, 3.8) is 0 Å². The van der Waals surface area contributed by atoms with E-state index in [1.54, 1.807) is 48.5 Å². The Morgan fingerprint density at radius 1 is 1.07 bits per heavy atom. The summed E-state index contributed by atoms with van der Waals surface area (Å²) in [4.78, 5) is 12.6. The summed E-state index contributed by atoms with van der Waals surface area (Å²) in [5.74, 6) is 0.140. The number of nitrogens with zero attached hydrogens (tertiary/aromatic N) is 1. The molecule has 1 N–H and O–H groups in total. The van der Waals surface area contributed by atoms with Crippen LogP contribution >= 0.6 is 11.6 Å². The number of amides is 1. The quantitative estimate of drug-likeness (QED) is 0.588. The minimum atomic E-state index is -3.91. The zero-order valence-electron chi connectivity index (χ0n) is 15.8. The van der Waals surface area contributed by atoms with Crippen molar-refractivity contribution in [2.24, 2.45) is 0 Å². The van der Waals surface area contributed by atoms with Crippen LogP contribution in [0.5, 0.6) is 0 Å². The molecule has 1 amide bonds. The molecule has 0 bridgehead atoms. The van der Waals surface area contributed by atoms with Crippen LogP contribution in [-0.2, 0) is 27.9 Å². The fraction of sp³-hybridized carbons (Fsp3) is 0.190. The van der Waals surface area contributed by atoms with Crippen LogP contribution in [0.2, 0.25) is 5.02 Å². The minimum Gasteiger partial charge on any atom is -0.467 e. The second-order valence-corrected chi connectivity index (χ2v) is 8.88. The molecule has 2 aromatic carbocycles. The molecule has 1 aromatic heterocycles. The molecule has 0 atom stereocenters. The molecule has 0 saturated heterocycles. The number of nitrogens with one attached hydrogen (secondary N) is 1. The second-order valence-electron chi connectivity index (χ2n) is 6.53. The van der Waals surface area contributed by atoms with E-state index in [2.05, 4.69) is 5.32 Å². The molecule has 0 aliphatic carbocycles. The summed E-state index contributed by atoms with van der Waals surface area (Å²) in [6.45, 7) is 1.68. The number of rotatable bonds is 8. The third kappa shape index (κ3) is 5.47. The number of hydrogen-bond acceptors (Lipinski definition) is 4. The summed E-state index contributed by atoms with van der Waals surface area (Å²) < 4.78 is 32.7. The van der Waals surface area contributed by atoms with Crippen LogP contribution in [0, 0.1) is 6.92 Å². The number of carbonyl (C=O) groups is 1. The van der Waals surface area contributed by atoms with Gasteiger partial charge in [-0.05, 0) is 42.8 Å². The topological polar surface area (TPSA) is 79.6 Å². The van der Waals surface area contributed by atoms with Crippen LogP contribution in [0.1, 0.15) is 16.9 Å². The van der Waals surface area contributed by atoms with Gasteiger partial charge in [-0.2, -0.15) is 4.31 Å². The Kier molecular flexibility index (Phi) is 6.74. The predicted molar refractivity (Wildman–Crippen MR) is 111 cm³/mol. The van der Waals surface area contributed by atoms with Gasteiger partial charge in [-0.3, -0.25) is 4.79 Å². The summed E-state index contributed by atoms with van der Waals surface area (Å²) >= 11 is 6.22. The standard InChI is InChI=1S/C21H21ClN2O4S/c1-16-8-10-19(11-9-16)29(26,27)24(14-17-5-2-3-7-20(17)22)15-21(25)23-13-18-6-4-12-28-18/h2-12H,13-15H2,1H3,(H,23,25). The first-order chi connectivity index (χ1) is 13.9. The highest BCUT2D eigenvalue weighted by Crippen LogP contribution is 2.22. The first-order valence-electron chi connectivity index (χ1n) is 8.95. The van der Waals surface area contributed by atoms with Crippen molar-refractivity contribution < 1.29 is 17.6 Å². The molecule has 0 fully saturated rings. The number of sulfonamides is 1. The van der Waals surface area contributed by atoms with Gasteiger partial charge in [0.2, 0.25) is 15.9 Å². The lowest BCUT2D eigenvalue weighted by molar-refractivity contribution is -0.121. The predicted octanol–water partition coefficient (Wildman–Crippen LogP) is 3.75. The van der Waals surface area contributed by atoms with E-state index in [1.807, 2.05) is 6.92 Å². The molecular weight excluding hydrogens is 412 g/mol.